The molecule has 0 spiro atoms. The fourth-order valence-electron chi connectivity index (χ4n) is 4.41. The van der Waals surface area contributed by atoms with Gasteiger partial charge in [0.15, 0.2) is 0 Å². The molecule has 2 N–H and O–H groups in total. The minimum absolute atomic E-state index is 0.00940. The van der Waals surface area contributed by atoms with Gasteiger partial charge in [0.25, 0.3) is 11.7 Å². The molecule has 1 amide bonds. The average molecular weight is 477 g/mol. The van der Waals surface area contributed by atoms with Gasteiger partial charge in [-0.1, -0.05) is 47.5 Å². The number of aryl methyl sites for hydroxylation is 1. The molecule has 3 aromatic carbocycles. The number of aromatic amines is 1. The average Bonchev–Trinajstić information content (AvgIpc) is 3.26. The Morgan fingerprint density at radius 2 is 1.67 bits per heavy atom. The van der Waals surface area contributed by atoms with Crippen molar-refractivity contribution in [1.29, 1.82) is 0 Å². The van der Waals surface area contributed by atoms with E-state index in [0.717, 1.165) is 22.2 Å². The van der Waals surface area contributed by atoms with E-state index in [1.807, 2.05) is 31.2 Å². The lowest BCUT2D eigenvalue weighted by Gasteiger charge is -2.26. The molecule has 1 aliphatic rings. The molecule has 1 unspecified atom stereocenters. The van der Waals surface area contributed by atoms with Crippen molar-refractivity contribution in [2.45, 2.75) is 13.0 Å². The van der Waals surface area contributed by atoms with Gasteiger partial charge in [0.05, 0.1) is 11.6 Å². The van der Waals surface area contributed by atoms with Crippen molar-refractivity contribution >= 4 is 57.2 Å². The Morgan fingerprint density at radius 1 is 0.939 bits per heavy atom. The van der Waals surface area contributed by atoms with Crippen molar-refractivity contribution in [3.05, 3.63) is 105 Å². The Kier molecular flexibility index (Phi) is 5.23. The van der Waals surface area contributed by atoms with Gasteiger partial charge < -0.3 is 10.1 Å². The predicted octanol–water partition coefficient (Wildman–Crippen LogP) is 6.41. The van der Waals surface area contributed by atoms with Crippen LogP contribution < -0.4 is 4.90 Å². The number of benzene rings is 3. The Morgan fingerprint density at radius 3 is 2.39 bits per heavy atom. The molecule has 1 atom stereocenters. The van der Waals surface area contributed by atoms with Crippen molar-refractivity contribution < 1.29 is 14.7 Å². The number of rotatable bonds is 3. The monoisotopic (exact) mass is 476 g/mol. The summed E-state index contributed by atoms with van der Waals surface area (Å²) in [5.74, 6) is -1.76. The zero-order valence-corrected chi connectivity index (χ0v) is 19.0. The molecule has 1 aromatic heterocycles. The second kappa shape index (κ2) is 8.10. The molecule has 0 bridgehead atoms. The molecule has 2 heterocycles. The highest BCUT2D eigenvalue weighted by molar-refractivity contribution is 6.52. The standard InChI is InChI=1S/C26H18Cl2N2O3/c1-14-21(19-7-2-3-8-20(19)29-14)23-22(24(31)15-9-11-16(27)12-10-15)25(32)26(33)30(23)18-6-4-5-17(28)13-18/h2-13,23,29,31H,1H3/b24-22+. The van der Waals surface area contributed by atoms with E-state index in [1.165, 1.54) is 4.90 Å². The van der Waals surface area contributed by atoms with Crippen LogP contribution in [0.25, 0.3) is 16.7 Å². The first-order chi connectivity index (χ1) is 15.9. The van der Waals surface area contributed by atoms with E-state index < -0.39 is 17.7 Å². The zero-order valence-electron chi connectivity index (χ0n) is 17.5. The van der Waals surface area contributed by atoms with Crippen LogP contribution in [0.15, 0.2) is 78.4 Å². The topological polar surface area (TPSA) is 73.4 Å². The molecule has 7 heteroatoms. The van der Waals surface area contributed by atoms with E-state index in [9.17, 15) is 14.7 Å². The first-order valence-corrected chi connectivity index (χ1v) is 11.0. The summed E-state index contributed by atoms with van der Waals surface area (Å²) < 4.78 is 0. The molecule has 5 rings (SSSR count). The number of aliphatic hydroxyl groups excluding tert-OH is 1. The number of H-pyrrole nitrogens is 1. The van der Waals surface area contributed by atoms with Gasteiger partial charge in [-0.3, -0.25) is 14.5 Å². The number of carbonyl (C=O) groups is 2. The highest BCUT2D eigenvalue weighted by atomic mass is 35.5. The molecule has 1 aliphatic heterocycles. The fraction of sp³-hybridized carbons (Fsp3) is 0.0769. The number of ketones is 1. The van der Waals surface area contributed by atoms with Crippen molar-refractivity contribution in [2.75, 3.05) is 4.90 Å². The number of amides is 1. The molecule has 1 saturated heterocycles. The lowest BCUT2D eigenvalue weighted by Crippen LogP contribution is -2.29. The first kappa shape index (κ1) is 21.3. The van der Waals surface area contributed by atoms with Crippen LogP contribution in [-0.4, -0.2) is 21.8 Å². The molecular formula is C26H18Cl2N2O3. The van der Waals surface area contributed by atoms with Gasteiger partial charge in [0.2, 0.25) is 0 Å². The van der Waals surface area contributed by atoms with Crippen LogP contribution in [-0.2, 0) is 9.59 Å². The van der Waals surface area contributed by atoms with Gasteiger partial charge in [-0.25, -0.2) is 0 Å². The summed E-state index contributed by atoms with van der Waals surface area (Å²) in [4.78, 5) is 31.4. The Labute approximate surface area is 199 Å². The zero-order chi connectivity index (χ0) is 23.3. The third kappa shape index (κ3) is 3.50. The van der Waals surface area contributed by atoms with Crippen LogP contribution >= 0.6 is 23.2 Å². The second-order valence-corrected chi connectivity index (χ2v) is 8.74. The summed E-state index contributed by atoms with van der Waals surface area (Å²) >= 11 is 12.2. The summed E-state index contributed by atoms with van der Waals surface area (Å²) in [5, 5.41) is 13.0. The number of nitrogens with one attached hydrogen (secondary N) is 1. The Bertz CT molecular complexity index is 1450. The fourth-order valence-corrected chi connectivity index (χ4v) is 4.72. The van der Waals surface area contributed by atoms with E-state index >= 15 is 0 Å². The van der Waals surface area contributed by atoms with Gasteiger partial charge in [0.1, 0.15) is 5.76 Å². The number of fused-ring (bicyclic) bond motifs is 1. The quantitative estimate of drug-likeness (QED) is 0.204. The lowest BCUT2D eigenvalue weighted by atomic mass is 9.93. The normalized spacial score (nSPS) is 17.8. The SMILES string of the molecule is Cc1[nH]c2ccccc2c1C1/C(=C(\O)c2ccc(Cl)cc2)C(=O)C(=O)N1c1cccc(Cl)c1. The number of carbonyl (C=O) groups excluding carboxylic acids is 2. The van der Waals surface area contributed by atoms with E-state index in [4.69, 9.17) is 23.2 Å². The molecule has 0 aliphatic carbocycles. The van der Waals surface area contributed by atoms with Gasteiger partial charge in [-0.2, -0.15) is 0 Å². The van der Waals surface area contributed by atoms with Crippen LogP contribution in [0.5, 0.6) is 0 Å². The summed E-state index contributed by atoms with van der Waals surface area (Å²) in [7, 11) is 0. The van der Waals surface area contributed by atoms with Crippen LogP contribution in [0.4, 0.5) is 5.69 Å². The van der Waals surface area contributed by atoms with E-state index in [0.29, 0.717) is 21.3 Å². The Hall–Kier alpha value is -3.54. The number of hydrogen-bond acceptors (Lipinski definition) is 3. The number of para-hydroxylation sites is 1. The van der Waals surface area contributed by atoms with E-state index in [2.05, 4.69) is 4.98 Å². The molecule has 33 heavy (non-hydrogen) atoms. The van der Waals surface area contributed by atoms with Crippen molar-refractivity contribution in [3.8, 4) is 0 Å². The van der Waals surface area contributed by atoms with Gasteiger partial charge in [-0.15, -0.1) is 0 Å². The smallest absolute Gasteiger partial charge is 0.300 e. The number of aliphatic hydroxyl groups is 1. The summed E-state index contributed by atoms with van der Waals surface area (Å²) in [6.07, 6.45) is 0. The van der Waals surface area contributed by atoms with Crippen molar-refractivity contribution in [1.82, 2.24) is 4.98 Å². The number of halogens is 2. The number of aromatic nitrogens is 1. The van der Waals surface area contributed by atoms with Crippen LogP contribution in [0.2, 0.25) is 10.0 Å². The van der Waals surface area contributed by atoms with E-state index in [1.54, 1.807) is 48.5 Å². The number of nitrogens with zero attached hydrogens (tertiary/aromatic N) is 1. The van der Waals surface area contributed by atoms with E-state index in [-0.39, 0.29) is 11.3 Å². The largest absolute Gasteiger partial charge is 0.507 e. The maximum atomic E-state index is 13.3. The number of Topliss-reactive ketones (excluding diaryl/α,β-unsaturated/α-hetero) is 1. The molecule has 4 aromatic rings. The predicted molar refractivity (Wildman–Crippen MR) is 131 cm³/mol. The maximum absolute atomic E-state index is 13.3. The van der Waals surface area contributed by atoms with Crippen LogP contribution in [0.1, 0.15) is 22.9 Å². The summed E-state index contributed by atoms with van der Waals surface area (Å²) in [6.45, 7) is 1.88. The third-order valence-corrected chi connectivity index (χ3v) is 6.35. The molecule has 1 fully saturated rings. The molecule has 0 saturated carbocycles. The number of hydrogen-bond donors (Lipinski definition) is 2. The first-order valence-electron chi connectivity index (χ1n) is 10.3. The van der Waals surface area contributed by atoms with Crippen molar-refractivity contribution in [2.24, 2.45) is 0 Å². The van der Waals surface area contributed by atoms with Gasteiger partial charge in [-0.05, 0) is 55.5 Å². The summed E-state index contributed by atoms with van der Waals surface area (Å²) in [6, 6.07) is 20.0. The number of anilines is 1. The Balaban J connectivity index is 1.82. The van der Waals surface area contributed by atoms with Gasteiger partial charge in [0, 0.05) is 43.5 Å². The van der Waals surface area contributed by atoms with Crippen LogP contribution in [0, 0.1) is 6.92 Å². The van der Waals surface area contributed by atoms with Crippen LogP contribution in [0.3, 0.4) is 0 Å². The minimum atomic E-state index is -0.852. The second-order valence-electron chi connectivity index (χ2n) is 7.87. The molecular weight excluding hydrogens is 459 g/mol. The highest BCUT2D eigenvalue weighted by Crippen LogP contribution is 2.45. The molecule has 0 radical (unpaired) electrons. The lowest BCUT2D eigenvalue weighted by molar-refractivity contribution is -0.132. The van der Waals surface area contributed by atoms with Gasteiger partial charge >= 0.3 is 0 Å². The molecule has 164 valence electrons. The highest BCUT2D eigenvalue weighted by Gasteiger charge is 2.48. The minimum Gasteiger partial charge on any atom is -0.507 e. The molecule has 5 nitrogen and oxygen atoms in total. The summed E-state index contributed by atoms with van der Waals surface area (Å²) in [5.41, 5.74) is 3.26. The third-order valence-electron chi connectivity index (χ3n) is 5.87. The van der Waals surface area contributed by atoms with Crippen molar-refractivity contribution in [3.63, 3.8) is 0 Å². The maximum Gasteiger partial charge on any atom is 0.300 e.